The van der Waals surface area contributed by atoms with Gasteiger partial charge in [0.15, 0.2) is 5.89 Å². The molecule has 0 saturated carbocycles. The Morgan fingerprint density at radius 2 is 2.00 bits per heavy atom. The average Bonchev–Trinajstić information content (AvgIpc) is 2.63. The molecule has 1 heterocycles. The molecule has 1 N–H and O–H groups in total. The highest BCUT2D eigenvalue weighted by Gasteiger charge is 2.23. The first kappa shape index (κ1) is 13.5. The van der Waals surface area contributed by atoms with Crippen LogP contribution in [0.2, 0.25) is 0 Å². The molecular weight excluding hydrogens is 220 g/mol. The number of carbonyl (C=O) groups is 1. The third-order valence-electron chi connectivity index (χ3n) is 2.49. The van der Waals surface area contributed by atoms with E-state index in [0.29, 0.717) is 37.2 Å². The Bertz CT molecular complexity index is 381. The molecule has 1 aromatic rings. The second kappa shape index (κ2) is 5.70. The number of hydrogen-bond acceptors (Lipinski definition) is 4. The maximum Gasteiger partial charge on any atom is 0.360 e. The van der Waals surface area contributed by atoms with Crippen molar-refractivity contribution in [2.45, 2.75) is 34.1 Å². The molecule has 0 aliphatic carbocycles. The van der Waals surface area contributed by atoms with E-state index in [-0.39, 0.29) is 5.69 Å². The van der Waals surface area contributed by atoms with Crippen LogP contribution in [0.5, 0.6) is 0 Å². The molecule has 0 unspecified atom stereocenters. The van der Waals surface area contributed by atoms with E-state index in [4.69, 9.17) is 9.52 Å². The van der Waals surface area contributed by atoms with Gasteiger partial charge in [-0.25, -0.2) is 9.78 Å². The molecule has 1 aromatic heterocycles. The molecule has 96 valence electrons. The second-order valence-corrected chi connectivity index (χ2v) is 4.34. The SMILES string of the molecule is CCN(CC)c1oc(CC(C)C)nc1C(=O)O. The highest BCUT2D eigenvalue weighted by Crippen LogP contribution is 2.23. The van der Waals surface area contributed by atoms with Gasteiger partial charge >= 0.3 is 5.97 Å². The van der Waals surface area contributed by atoms with E-state index in [1.165, 1.54) is 0 Å². The van der Waals surface area contributed by atoms with Crippen molar-refractivity contribution in [1.82, 2.24) is 4.98 Å². The summed E-state index contributed by atoms with van der Waals surface area (Å²) >= 11 is 0. The molecule has 0 amide bonds. The van der Waals surface area contributed by atoms with Gasteiger partial charge in [0, 0.05) is 19.5 Å². The highest BCUT2D eigenvalue weighted by molar-refractivity contribution is 5.90. The van der Waals surface area contributed by atoms with Gasteiger partial charge in [0.25, 0.3) is 0 Å². The van der Waals surface area contributed by atoms with Crippen LogP contribution in [0.25, 0.3) is 0 Å². The lowest BCUT2D eigenvalue weighted by molar-refractivity contribution is 0.0691. The lowest BCUT2D eigenvalue weighted by Crippen LogP contribution is -2.23. The van der Waals surface area contributed by atoms with Crippen LogP contribution in [0.4, 0.5) is 5.88 Å². The Hall–Kier alpha value is -1.52. The van der Waals surface area contributed by atoms with Gasteiger partial charge in [0.05, 0.1) is 0 Å². The van der Waals surface area contributed by atoms with Crippen LogP contribution in [0.1, 0.15) is 44.1 Å². The normalized spacial score (nSPS) is 10.9. The zero-order chi connectivity index (χ0) is 13.0. The quantitative estimate of drug-likeness (QED) is 0.827. The van der Waals surface area contributed by atoms with Gasteiger partial charge in [-0.2, -0.15) is 0 Å². The smallest absolute Gasteiger partial charge is 0.360 e. The third-order valence-corrected chi connectivity index (χ3v) is 2.49. The van der Waals surface area contributed by atoms with Crippen molar-refractivity contribution >= 4 is 11.9 Å². The summed E-state index contributed by atoms with van der Waals surface area (Å²) in [5.41, 5.74) is 0.0179. The Labute approximate surface area is 101 Å². The van der Waals surface area contributed by atoms with Gasteiger partial charge in [-0.1, -0.05) is 13.8 Å². The molecular formula is C12H20N2O3. The molecule has 0 aliphatic rings. The number of carboxylic acid groups (broad SMARTS) is 1. The molecule has 1 rings (SSSR count). The topological polar surface area (TPSA) is 66.6 Å². The van der Waals surface area contributed by atoms with E-state index in [1.807, 2.05) is 32.6 Å². The zero-order valence-corrected chi connectivity index (χ0v) is 10.9. The minimum Gasteiger partial charge on any atom is -0.476 e. The molecule has 0 radical (unpaired) electrons. The van der Waals surface area contributed by atoms with Crippen molar-refractivity contribution in [3.63, 3.8) is 0 Å². The summed E-state index contributed by atoms with van der Waals surface area (Å²) in [5, 5.41) is 9.10. The van der Waals surface area contributed by atoms with Crippen LogP contribution in [-0.4, -0.2) is 29.1 Å². The molecule has 17 heavy (non-hydrogen) atoms. The lowest BCUT2D eigenvalue weighted by atomic mass is 10.1. The van der Waals surface area contributed by atoms with Crippen molar-refractivity contribution in [3.8, 4) is 0 Å². The van der Waals surface area contributed by atoms with Crippen molar-refractivity contribution in [3.05, 3.63) is 11.6 Å². The minimum absolute atomic E-state index is 0.0179. The van der Waals surface area contributed by atoms with Crippen molar-refractivity contribution < 1.29 is 14.3 Å². The van der Waals surface area contributed by atoms with Gasteiger partial charge in [0.2, 0.25) is 11.6 Å². The predicted octanol–water partition coefficient (Wildman–Crippen LogP) is 2.42. The summed E-state index contributed by atoms with van der Waals surface area (Å²) in [6.07, 6.45) is 0.654. The van der Waals surface area contributed by atoms with Crippen LogP contribution in [0.3, 0.4) is 0 Å². The summed E-state index contributed by atoms with van der Waals surface area (Å²) < 4.78 is 5.56. The van der Waals surface area contributed by atoms with Gasteiger partial charge in [0.1, 0.15) is 0 Å². The van der Waals surface area contributed by atoms with Gasteiger partial charge in [-0.3, -0.25) is 0 Å². The van der Waals surface area contributed by atoms with Crippen LogP contribution < -0.4 is 4.90 Å². The van der Waals surface area contributed by atoms with Crippen molar-refractivity contribution in [2.75, 3.05) is 18.0 Å². The van der Waals surface area contributed by atoms with Gasteiger partial charge in [-0.05, 0) is 19.8 Å². The monoisotopic (exact) mass is 240 g/mol. The third kappa shape index (κ3) is 3.22. The fourth-order valence-electron chi connectivity index (χ4n) is 1.66. The van der Waals surface area contributed by atoms with E-state index in [2.05, 4.69) is 4.98 Å². The summed E-state index contributed by atoms with van der Waals surface area (Å²) in [4.78, 5) is 17.0. The highest BCUT2D eigenvalue weighted by atomic mass is 16.4. The molecule has 5 nitrogen and oxygen atoms in total. The standard InChI is InChI=1S/C12H20N2O3/c1-5-14(6-2)11-10(12(15)16)13-9(17-11)7-8(3)4/h8H,5-7H2,1-4H3,(H,15,16). The number of aromatic carboxylic acids is 1. The van der Waals surface area contributed by atoms with Gasteiger partial charge in [-0.15, -0.1) is 0 Å². The Balaban J connectivity index is 3.08. The summed E-state index contributed by atoms with van der Waals surface area (Å²) in [5.74, 6) is 0.225. The lowest BCUT2D eigenvalue weighted by Gasteiger charge is -2.17. The van der Waals surface area contributed by atoms with E-state index in [0.717, 1.165) is 0 Å². The molecule has 5 heteroatoms. The van der Waals surface area contributed by atoms with E-state index in [1.54, 1.807) is 0 Å². The molecule has 0 fully saturated rings. The predicted molar refractivity (Wildman–Crippen MR) is 65.6 cm³/mol. The summed E-state index contributed by atoms with van der Waals surface area (Å²) in [7, 11) is 0. The van der Waals surface area contributed by atoms with Crippen LogP contribution in [-0.2, 0) is 6.42 Å². The van der Waals surface area contributed by atoms with E-state index >= 15 is 0 Å². The largest absolute Gasteiger partial charge is 0.476 e. The maximum absolute atomic E-state index is 11.1. The Kier molecular flexibility index (Phi) is 4.54. The first-order valence-corrected chi connectivity index (χ1v) is 5.97. The number of hydrogen-bond donors (Lipinski definition) is 1. The first-order valence-electron chi connectivity index (χ1n) is 5.97. The van der Waals surface area contributed by atoms with Crippen LogP contribution in [0.15, 0.2) is 4.42 Å². The molecule has 0 saturated heterocycles. The summed E-state index contributed by atoms with van der Waals surface area (Å²) in [6.45, 7) is 9.41. The molecule has 0 atom stereocenters. The zero-order valence-electron chi connectivity index (χ0n) is 10.9. The fourth-order valence-corrected chi connectivity index (χ4v) is 1.66. The summed E-state index contributed by atoms with van der Waals surface area (Å²) in [6, 6.07) is 0. The van der Waals surface area contributed by atoms with Crippen molar-refractivity contribution in [1.29, 1.82) is 0 Å². The molecule has 0 aliphatic heterocycles. The number of nitrogens with zero attached hydrogens (tertiary/aromatic N) is 2. The Morgan fingerprint density at radius 1 is 1.41 bits per heavy atom. The van der Waals surface area contributed by atoms with Crippen LogP contribution >= 0.6 is 0 Å². The average molecular weight is 240 g/mol. The maximum atomic E-state index is 11.1. The van der Waals surface area contributed by atoms with E-state index < -0.39 is 5.97 Å². The fraction of sp³-hybridized carbons (Fsp3) is 0.667. The minimum atomic E-state index is -1.04. The number of oxazole rings is 1. The molecule has 0 spiro atoms. The van der Waals surface area contributed by atoms with Crippen LogP contribution in [0, 0.1) is 5.92 Å². The molecule has 0 aromatic carbocycles. The van der Waals surface area contributed by atoms with Gasteiger partial charge < -0.3 is 14.4 Å². The second-order valence-electron chi connectivity index (χ2n) is 4.34. The number of anilines is 1. The number of carboxylic acids is 1. The van der Waals surface area contributed by atoms with Crippen molar-refractivity contribution in [2.24, 2.45) is 5.92 Å². The number of aromatic nitrogens is 1. The Morgan fingerprint density at radius 3 is 2.41 bits per heavy atom. The first-order chi connectivity index (χ1) is 7.99. The van der Waals surface area contributed by atoms with E-state index in [9.17, 15) is 4.79 Å². The molecule has 0 bridgehead atoms. The number of rotatable bonds is 6.